The topological polar surface area (TPSA) is 42.0 Å². The Labute approximate surface area is 118 Å². The average Bonchev–Trinajstić information content (AvgIpc) is 2.71. The van der Waals surface area contributed by atoms with Gasteiger partial charge in [0.25, 0.3) is 5.91 Å². The van der Waals surface area contributed by atoms with Crippen LogP contribution in [0.2, 0.25) is 0 Å². The van der Waals surface area contributed by atoms with Crippen molar-refractivity contribution < 1.29 is 4.79 Å². The third-order valence-electron chi connectivity index (χ3n) is 2.50. The van der Waals surface area contributed by atoms with Gasteiger partial charge in [0.2, 0.25) is 0 Å². The van der Waals surface area contributed by atoms with Crippen LogP contribution in [0.25, 0.3) is 0 Å². The molecular formula is C13H13BrN2OS. The lowest BCUT2D eigenvalue weighted by Crippen LogP contribution is -2.24. The van der Waals surface area contributed by atoms with Crippen LogP contribution in [0.4, 0.5) is 0 Å². The number of aromatic nitrogens is 1. The molecule has 1 amide bonds. The van der Waals surface area contributed by atoms with E-state index >= 15 is 0 Å². The predicted molar refractivity (Wildman–Crippen MR) is 77.0 cm³/mol. The molecule has 0 unspecified atom stereocenters. The summed E-state index contributed by atoms with van der Waals surface area (Å²) < 4.78 is 1.01. The number of amides is 1. The Balaban J connectivity index is 1.85. The van der Waals surface area contributed by atoms with E-state index < -0.39 is 0 Å². The molecule has 0 aliphatic rings. The van der Waals surface area contributed by atoms with Crippen molar-refractivity contribution in [2.45, 2.75) is 13.3 Å². The van der Waals surface area contributed by atoms with Crippen LogP contribution in [0.15, 0.2) is 34.4 Å². The van der Waals surface area contributed by atoms with E-state index in [9.17, 15) is 4.79 Å². The van der Waals surface area contributed by atoms with Crippen molar-refractivity contribution in [1.29, 1.82) is 0 Å². The van der Waals surface area contributed by atoms with Gasteiger partial charge in [-0.15, -0.1) is 11.3 Å². The van der Waals surface area contributed by atoms with Crippen LogP contribution in [0, 0.1) is 6.92 Å². The second-order valence-corrected chi connectivity index (χ2v) is 6.30. The first-order chi connectivity index (χ1) is 8.66. The quantitative estimate of drug-likeness (QED) is 0.938. The van der Waals surface area contributed by atoms with Crippen molar-refractivity contribution >= 4 is 33.2 Å². The molecule has 0 saturated heterocycles. The summed E-state index contributed by atoms with van der Waals surface area (Å²) in [4.78, 5) is 16.6. The first-order valence-corrected chi connectivity index (χ1v) is 7.21. The van der Waals surface area contributed by atoms with Crippen LogP contribution < -0.4 is 5.32 Å². The van der Waals surface area contributed by atoms with E-state index in [1.807, 2.05) is 31.3 Å². The molecule has 0 radical (unpaired) electrons. The van der Waals surface area contributed by atoms with E-state index in [1.54, 1.807) is 6.20 Å². The fourth-order valence-electron chi connectivity index (χ4n) is 1.53. The summed E-state index contributed by atoms with van der Waals surface area (Å²) in [6.07, 6.45) is 4.36. The number of rotatable bonds is 4. The van der Waals surface area contributed by atoms with E-state index in [0.29, 0.717) is 6.54 Å². The summed E-state index contributed by atoms with van der Waals surface area (Å²) in [5, 5.41) is 2.91. The minimum absolute atomic E-state index is 0.0160. The second-order valence-electron chi connectivity index (χ2n) is 3.93. The number of thiophene rings is 1. The molecule has 3 nitrogen and oxygen atoms in total. The zero-order valence-corrected chi connectivity index (χ0v) is 12.3. The highest BCUT2D eigenvalue weighted by Crippen LogP contribution is 2.27. The Bertz CT molecular complexity index is 520. The number of carbonyl (C=O) groups is 1. The van der Waals surface area contributed by atoms with Gasteiger partial charge in [-0.3, -0.25) is 9.78 Å². The predicted octanol–water partition coefficient (Wildman–Crippen LogP) is 3.19. The first-order valence-electron chi connectivity index (χ1n) is 5.60. The maximum atomic E-state index is 11.9. The SMILES string of the molecule is Cc1cc(C(=O)NCCc2cccnc2)sc1Br. The van der Waals surface area contributed by atoms with Gasteiger partial charge in [-0.25, -0.2) is 0 Å². The summed E-state index contributed by atoms with van der Waals surface area (Å²) in [5.74, 6) is -0.0160. The summed E-state index contributed by atoms with van der Waals surface area (Å²) in [6.45, 7) is 2.60. The third kappa shape index (κ3) is 3.40. The second kappa shape index (κ2) is 6.11. The Morgan fingerprint density at radius 3 is 3.00 bits per heavy atom. The van der Waals surface area contributed by atoms with Crippen molar-refractivity contribution in [2.75, 3.05) is 6.54 Å². The monoisotopic (exact) mass is 324 g/mol. The molecule has 2 rings (SSSR count). The zero-order valence-electron chi connectivity index (χ0n) is 9.94. The summed E-state index contributed by atoms with van der Waals surface area (Å²) >= 11 is 4.88. The number of halogens is 1. The minimum atomic E-state index is -0.0160. The van der Waals surface area contributed by atoms with E-state index in [2.05, 4.69) is 26.2 Å². The smallest absolute Gasteiger partial charge is 0.261 e. The molecule has 2 heterocycles. The number of hydrogen-bond acceptors (Lipinski definition) is 3. The normalized spacial score (nSPS) is 10.3. The molecule has 0 aliphatic heterocycles. The fourth-order valence-corrected chi connectivity index (χ4v) is 2.98. The Hall–Kier alpha value is -1.20. The highest BCUT2D eigenvalue weighted by atomic mass is 79.9. The van der Waals surface area contributed by atoms with Gasteiger partial charge in [-0.1, -0.05) is 6.07 Å². The fraction of sp³-hybridized carbons (Fsp3) is 0.231. The van der Waals surface area contributed by atoms with E-state index in [0.717, 1.165) is 26.2 Å². The number of hydrogen-bond donors (Lipinski definition) is 1. The van der Waals surface area contributed by atoms with Crippen LogP contribution in [-0.2, 0) is 6.42 Å². The molecule has 94 valence electrons. The Morgan fingerprint density at radius 1 is 1.56 bits per heavy atom. The average molecular weight is 325 g/mol. The lowest BCUT2D eigenvalue weighted by molar-refractivity contribution is 0.0958. The van der Waals surface area contributed by atoms with Gasteiger partial charge in [0.1, 0.15) is 0 Å². The molecule has 1 N–H and O–H groups in total. The molecule has 2 aromatic rings. The molecule has 18 heavy (non-hydrogen) atoms. The first kappa shape index (κ1) is 13.2. The van der Waals surface area contributed by atoms with Gasteiger partial charge in [0, 0.05) is 18.9 Å². The largest absolute Gasteiger partial charge is 0.351 e. The van der Waals surface area contributed by atoms with Crippen LogP contribution in [0.1, 0.15) is 20.8 Å². The van der Waals surface area contributed by atoms with E-state index in [-0.39, 0.29) is 5.91 Å². The number of pyridine rings is 1. The van der Waals surface area contributed by atoms with Crippen molar-refractivity contribution in [3.05, 3.63) is 50.4 Å². The molecule has 2 aromatic heterocycles. The maximum absolute atomic E-state index is 11.9. The van der Waals surface area contributed by atoms with Gasteiger partial charge >= 0.3 is 0 Å². The molecule has 0 bridgehead atoms. The summed E-state index contributed by atoms with van der Waals surface area (Å²) in [6, 6.07) is 5.80. The molecule has 5 heteroatoms. The van der Waals surface area contributed by atoms with Crippen molar-refractivity contribution in [1.82, 2.24) is 10.3 Å². The van der Waals surface area contributed by atoms with E-state index in [1.165, 1.54) is 11.3 Å². The van der Waals surface area contributed by atoms with Crippen LogP contribution in [0.3, 0.4) is 0 Å². The third-order valence-corrected chi connectivity index (χ3v) is 4.64. The van der Waals surface area contributed by atoms with Gasteiger partial charge in [-0.2, -0.15) is 0 Å². The van der Waals surface area contributed by atoms with Crippen LogP contribution in [0.5, 0.6) is 0 Å². The van der Waals surface area contributed by atoms with Gasteiger partial charge in [0.15, 0.2) is 0 Å². The zero-order chi connectivity index (χ0) is 13.0. The molecule has 0 aliphatic carbocycles. The van der Waals surface area contributed by atoms with E-state index in [4.69, 9.17) is 0 Å². The van der Waals surface area contributed by atoms with Crippen LogP contribution in [-0.4, -0.2) is 17.4 Å². The van der Waals surface area contributed by atoms with Crippen LogP contribution >= 0.6 is 27.3 Å². The van der Waals surface area contributed by atoms with Gasteiger partial charge in [-0.05, 0) is 52.5 Å². The molecular weight excluding hydrogens is 312 g/mol. The van der Waals surface area contributed by atoms with Crippen molar-refractivity contribution in [2.24, 2.45) is 0 Å². The molecule has 0 spiro atoms. The number of carbonyl (C=O) groups excluding carboxylic acids is 1. The summed E-state index contributed by atoms with van der Waals surface area (Å²) in [5.41, 5.74) is 2.22. The standard InChI is InChI=1S/C13H13BrN2OS/c1-9-7-11(18-12(9)14)13(17)16-6-4-10-3-2-5-15-8-10/h2-3,5,7-8H,4,6H2,1H3,(H,16,17). The lowest BCUT2D eigenvalue weighted by Gasteiger charge is -2.03. The Morgan fingerprint density at radius 2 is 2.39 bits per heavy atom. The minimum Gasteiger partial charge on any atom is -0.351 e. The lowest BCUT2D eigenvalue weighted by atomic mass is 10.2. The summed E-state index contributed by atoms with van der Waals surface area (Å²) in [7, 11) is 0. The highest BCUT2D eigenvalue weighted by Gasteiger charge is 2.10. The maximum Gasteiger partial charge on any atom is 0.261 e. The Kier molecular flexibility index (Phi) is 4.49. The van der Waals surface area contributed by atoms with Crippen molar-refractivity contribution in [3.8, 4) is 0 Å². The molecule has 0 atom stereocenters. The highest BCUT2D eigenvalue weighted by molar-refractivity contribution is 9.11. The number of nitrogens with one attached hydrogen (secondary N) is 1. The molecule has 0 aromatic carbocycles. The number of aryl methyl sites for hydroxylation is 1. The molecule has 0 fully saturated rings. The van der Waals surface area contributed by atoms with Gasteiger partial charge < -0.3 is 5.32 Å². The van der Waals surface area contributed by atoms with Crippen molar-refractivity contribution in [3.63, 3.8) is 0 Å². The molecule has 0 saturated carbocycles. The number of nitrogens with zero attached hydrogens (tertiary/aromatic N) is 1. The van der Waals surface area contributed by atoms with Gasteiger partial charge in [0.05, 0.1) is 8.66 Å².